The summed E-state index contributed by atoms with van der Waals surface area (Å²) in [7, 11) is 1.37. The van der Waals surface area contributed by atoms with Crippen LogP contribution < -0.4 is 0 Å². The molecule has 120 valence electrons. The van der Waals surface area contributed by atoms with E-state index in [9.17, 15) is 4.79 Å². The van der Waals surface area contributed by atoms with Crippen LogP contribution in [-0.2, 0) is 19.0 Å². The van der Waals surface area contributed by atoms with Gasteiger partial charge < -0.3 is 14.2 Å². The van der Waals surface area contributed by atoms with Gasteiger partial charge in [0.05, 0.1) is 7.11 Å². The monoisotopic (exact) mass is 324 g/mol. The standard InChI is InChI=1S/C17H21ClO4/c1-16(15(19)20-2)14(12-8-4-5-9-13(12)18)21-17(22-16)10-6-3-7-11-17/h4-5,8-9,14H,3,6-7,10-11H2,1-2H3/t14-,16+/m0/s1. The van der Waals surface area contributed by atoms with Crippen LogP contribution in [0.4, 0.5) is 0 Å². The lowest BCUT2D eigenvalue weighted by molar-refractivity contribution is -0.212. The fourth-order valence-electron chi connectivity index (χ4n) is 3.50. The first-order valence-corrected chi connectivity index (χ1v) is 8.09. The molecule has 0 amide bonds. The fraction of sp³-hybridized carbons (Fsp3) is 0.588. The normalized spacial score (nSPS) is 30.4. The summed E-state index contributed by atoms with van der Waals surface area (Å²) in [6.45, 7) is 1.73. The molecule has 4 nitrogen and oxygen atoms in total. The molecule has 5 heteroatoms. The minimum atomic E-state index is -1.18. The number of ether oxygens (including phenoxy) is 3. The van der Waals surface area contributed by atoms with Gasteiger partial charge in [-0.05, 0) is 25.8 Å². The van der Waals surface area contributed by atoms with Crippen LogP contribution in [0.25, 0.3) is 0 Å². The number of halogens is 1. The molecule has 2 aliphatic rings. The van der Waals surface area contributed by atoms with Crippen LogP contribution in [0, 0.1) is 0 Å². The maximum Gasteiger partial charge on any atom is 0.341 e. The van der Waals surface area contributed by atoms with Crippen molar-refractivity contribution in [3.8, 4) is 0 Å². The maximum atomic E-state index is 12.4. The third-order valence-electron chi connectivity index (χ3n) is 4.62. The van der Waals surface area contributed by atoms with Crippen molar-refractivity contribution in [3.63, 3.8) is 0 Å². The number of carbonyl (C=O) groups excluding carboxylic acids is 1. The van der Waals surface area contributed by atoms with E-state index in [1.54, 1.807) is 13.0 Å². The quantitative estimate of drug-likeness (QED) is 0.771. The molecule has 0 bridgehead atoms. The summed E-state index contributed by atoms with van der Waals surface area (Å²) in [5, 5.41) is 0.569. The highest BCUT2D eigenvalue weighted by Crippen LogP contribution is 2.52. The summed E-state index contributed by atoms with van der Waals surface area (Å²) >= 11 is 6.32. The average molecular weight is 325 g/mol. The lowest BCUT2D eigenvalue weighted by Gasteiger charge is -2.32. The number of rotatable bonds is 2. The maximum absolute atomic E-state index is 12.4. The summed E-state index contributed by atoms with van der Waals surface area (Å²) in [6.07, 6.45) is 4.26. The first-order valence-electron chi connectivity index (χ1n) is 7.72. The summed E-state index contributed by atoms with van der Waals surface area (Å²) in [5.74, 6) is -1.13. The third-order valence-corrected chi connectivity index (χ3v) is 4.97. The van der Waals surface area contributed by atoms with Gasteiger partial charge in [0, 0.05) is 23.4 Å². The minimum absolute atomic E-state index is 0.431. The third kappa shape index (κ3) is 2.53. The van der Waals surface area contributed by atoms with Crippen molar-refractivity contribution in [1.82, 2.24) is 0 Å². The Bertz CT molecular complexity index is 568. The Morgan fingerprint density at radius 1 is 1.27 bits per heavy atom. The lowest BCUT2D eigenvalue weighted by Crippen LogP contribution is -2.43. The van der Waals surface area contributed by atoms with Crippen LogP contribution in [0.3, 0.4) is 0 Å². The van der Waals surface area contributed by atoms with Crippen LogP contribution in [0.5, 0.6) is 0 Å². The van der Waals surface area contributed by atoms with Gasteiger partial charge in [-0.25, -0.2) is 4.79 Å². The van der Waals surface area contributed by atoms with E-state index in [0.717, 1.165) is 31.2 Å². The van der Waals surface area contributed by atoms with E-state index >= 15 is 0 Å². The van der Waals surface area contributed by atoms with Crippen molar-refractivity contribution in [2.24, 2.45) is 0 Å². The molecular weight excluding hydrogens is 304 g/mol. The molecule has 0 aromatic heterocycles. The molecule has 22 heavy (non-hydrogen) atoms. The second-order valence-electron chi connectivity index (χ2n) is 6.19. The van der Waals surface area contributed by atoms with Crippen molar-refractivity contribution < 1.29 is 19.0 Å². The van der Waals surface area contributed by atoms with Gasteiger partial charge in [0.1, 0.15) is 6.10 Å². The largest absolute Gasteiger partial charge is 0.467 e. The van der Waals surface area contributed by atoms with Gasteiger partial charge in [-0.3, -0.25) is 0 Å². The topological polar surface area (TPSA) is 44.8 Å². The number of esters is 1. The van der Waals surface area contributed by atoms with Crippen molar-refractivity contribution in [2.45, 2.75) is 56.5 Å². The van der Waals surface area contributed by atoms with Crippen molar-refractivity contribution in [1.29, 1.82) is 0 Å². The molecule has 0 radical (unpaired) electrons. The van der Waals surface area contributed by atoms with E-state index in [1.165, 1.54) is 13.5 Å². The predicted octanol–water partition coefficient (Wildman–Crippen LogP) is 4.02. The molecule has 2 atom stereocenters. The second kappa shape index (κ2) is 5.84. The van der Waals surface area contributed by atoms with E-state index in [2.05, 4.69) is 0 Å². The smallest absolute Gasteiger partial charge is 0.341 e. The molecule has 1 spiro atoms. The van der Waals surface area contributed by atoms with Crippen molar-refractivity contribution >= 4 is 17.6 Å². The Balaban J connectivity index is 2.01. The zero-order valence-electron chi connectivity index (χ0n) is 12.9. The van der Waals surface area contributed by atoms with Gasteiger partial charge in [-0.2, -0.15) is 0 Å². The van der Waals surface area contributed by atoms with Crippen LogP contribution in [0.1, 0.15) is 50.7 Å². The Morgan fingerprint density at radius 2 is 1.95 bits per heavy atom. The number of carbonyl (C=O) groups is 1. The molecule has 1 aromatic rings. The van der Waals surface area contributed by atoms with Gasteiger partial charge in [0.25, 0.3) is 0 Å². The van der Waals surface area contributed by atoms with Crippen LogP contribution >= 0.6 is 11.6 Å². The molecular formula is C17H21ClO4. The highest BCUT2D eigenvalue weighted by Gasteiger charge is 2.60. The van der Waals surface area contributed by atoms with Gasteiger partial charge in [-0.15, -0.1) is 0 Å². The van der Waals surface area contributed by atoms with E-state index in [1.807, 2.05) is 18.2 Å². The van der Waals surface area contributed by atoms with E-state index in [0.29, 0.717) is 5.02 Å². The summed E-state index contributed by atoms with van der Waals surface area (Å²) in [6, 6.07) is 7.41. The van der Waals surface area contributed by atoms with Crippen LogP contribution in [-0.4, -0.2) is 24.5 Å². The number of hydrogen-bond acceptors (Lipinski definition) is 4. The molecule has 0 unspecified atom stereocenters. The molecule has 0 N–H and O–H groups in total. The lowest BCUT2D eigenvalue weighted by atomic mass is 9.93. The molecule has 1 aliphatic carbocycles. The molecule has 1 aliphatic heterocycles. The van der Waals surface area contributed by atoms with Crippen LogP contribution in [0.15, 0.2) is 24.3 Å². The highest BCUT2D eigenvalue weighted by atomic mass is 35.5. The number of methoxy groups -OCH3 is 1. The highest BCUT2D eigenvalue weighted by molar-refractivity contribution is 6.31. The van der Waals surface area contributed by atoms with Gasteiger partial charge in [0.15, 0.2) is 11.4 Å². The zero-order chi connectivity index (χ0) is 15.8. The Labute approximate surface area is 135 Å². The molecule has 2 fully saturated rings. The molecule has 3 rings (SSSR count). The predicted molar refractivity (Wildman–Crippen MR) is 82.6 cm³/mol. The zero-order valence-corrected chi connectivity index (χ0v) is 13.7. The number of hydrogen-bond donors (Lipinski definition) is 0. The van der Waals surface area contributed by atoms with Crippen LogP contribution in [0.2, 0.25) is 5.02 Å². The van der Waals surface area contributed by atoms with Crippen molar-refractivity contribution in [2.75, 3.05) is 7.11 Å². The summed E-state index contributed by atoms with van der Waals surface area (Å²) in [5.41, 5.74) is -0.420. The first kappa shape index (κ1) is 15.8. The van der Waals surface area contributed by atoms with Gasteiger partial charge in [0.2, 0.25) is 0 Å². The second-order valence-corrected chi connectivity index (χ2v) is 6.60. The number of benzene rings is 1. The molecule has 1 aromatic carbocycles. The molecule has 1 saturated heterocycles. The van der Waals surface area contributed by atoms with Crippen molar-refractivity contribution in [3.05, 3.63) is 34.9 Å². The Morgan fingerprint density at radius 3 is 2.59 bits per heavy atom. The van der Waals surface area contributed by atoms with Gasteiger partial charge in [-0.1, -0.05) is 36.2 Å². The Hall–Kier alpha value is -1.10. The first-order chi connectivity index (χ1) is 10.5. The fourth-order valence-corrected chi connectivity index (χ4v) is 3.74. The van der Waals surface area contributed by atoms with E-state index < -0.39 is 23.5 Å². The Kier molecular flexibility index (Phi) is 4.19. The van der Waals surface area contributed by atoms with Gasteiger partial charge >= 0.3 is 5.97 Å². The minimum Gasteiger partial charge on any atom is -0.467 e. The summed E-state index contributed by atoms with van der Waals surface area (Å²) in [4.78, 5) is 12.4. The summed E-state index contributed by atoms with van der Waals surface area (Å²) < 4.78 is 17.5. The average Bonchev–Trinajstić information content (AvgIpc) is 2.81. The molecule has 1 saturated carbocycles. The SMILES string of the molecule is COC(=O)[C@]1(C)OC2(CCCCC2)O[C@H]1c1ccccc1Cl. The molecule has 1 heterocycles. The van der Waals surface area contributed by atoms with E-state index in [-0.39, 0.29) is 0 Å². The van der Waals surface area contributed by atoms with E-state index in [4.69, 9.17) is 25.8 Å².